The Morgan fingerprint density at radius 1 is 1.36 bits per heavy atom. The van der Waals surface area contributed by atoms with Gasteiger partial charge in [0.1, 0.15) is 5.56 Å². The van der Waals surface area contributed by atoms with Crippen molar-refractivity contribution < 1.29 is 14.3 Å². The Bertz CT molecular complexity index is 782. The first-order valence-electron chi connectivity index (χ1n) is 8.33. The third-order valence-electron chi connectivity index (χ3n) is 4.07. The third kappa shape index (κ3) is 3.81. The van der Waals surface area contributed by atoms with Crippen LogP contribution in [0.4, 0.5) is 0 Å². The van der Waals surface area contributed by atoms with Crippen molar-refractivity contribution in [2.24, 2.45) is 0 Å². The SMILES string of the molecule is CN(C)C(=O)c1cccc(CCNC(=O)c2cnn3c2OCCC3)c1. The third-order valence-corrected chi connectivity index (χ3v) is 4.07. The lowest BCUT2D eigenvalue weighted by Crippen LogP contribution is -2.27. The first kappa shape index (κ1) is 17.0. The van der Waals surface area contributed by atoms with Gasteiger partial charge in [0.15, 0.2) is 0 Å². The fourth-order valence-electron chi connectivity index (χ4n) is 2.76. The molecule has 1 aliphatic rings. The first-order chi connectivity index (χ1) is 12.1. The second-order valence-electron chi connectivity index (χ2n) is 6.19. The van der Waals surface area contributed by atoms with Crippen LogP contribution in [0.25, 0.3) is 0 Å². The highest BCUT2D eigenvalue weighted by molar-refractivity contribution is 5.96. The van der Waals surface area contributed by atoms with E-state index in [1.54, 1.807) is 35.9 Å². The highest BCUT2D eigenvalue weighted by atomic mass is 16.5. The van der Waals surface area contributed by atoms with Crippen LogP contribution >= 0.6 is 0 Å². The molecule has 0 saturated carbocycles. The number of benzene rings is 1. The molecule has 0 aliphatic carbocycles. The van der Waals surface area contributed by atoms with Crippen LogP contribution in [-0.2, 0) is 13.0 Å². The molecule has 0 saturated heterocycles. The van der Waals surface area contributed by atoms with Gasteiger partial charge in [-0.1, -0.05) is 12.1 Å². The van der Waals surface area contributed by atoms with Gasteiger partial charge in [-0.25, -0.2) is 4.68 Å². The molecule has 2 heterocycles. The van der Waals surface area contributed by atoms with Crippen molar-refractivity contribution in [3.8, 4) is 5.88 Å². The van der Waals surface area contributed by atoms with Gasteiger partial charge in [0.05, 0.1) is 12.8 Å². The average molecular weight is 342 g/mol. The van der Waals surface area contributed by atoms with E-state index < -0.39 is 0 Å². The van der Waals surface area contributed by atoms with Crippen molar-refractivity contribution in [1.29, 1.82) is 0 Å². The maximum Gasteiger partial charge on any atom is 0.258 e. The van der Waals surface area contributed by atoms with E-state index in [-0.39, 0.29) is 11.8 Å². The van der Waals surface area contributed by atoms with E-state index in [4.69, 9.17) is 4.74 Å². The van der Waals surface area contributed by atoms with Gasteiger partial charge in [0, 0.05) is 39.2 Å². The van der Waals surface area contributed by atoms with Crippen molar-refractivity contribution in [3.05, 3.63) is 47.2 Å². The lowest BCUT2D eigenvalue weighted by molar-refractivity contribution is 0.0827. The Kier molecular flexibility index (Phi) is 5.02. The fourth-order valence-corrected chi connectivity index (χ4v) is 2.76. The van der Waals surface area contributed by atoms with Crippen molar-refractivity contribution in [3.63, 3.8) is 0 Å². The zero-order valence-corrected chi connectivity index (χ0v) is 14.5. The Hall–Kier alpha value is -2.83. The Morgan fingerprint density at radius 2 is 2.20 bits per heavy atom. The summed E-state index contributed by atoms with van der Waals surface area (Å²) in [7, 11) is 3.45. The summed E-state index contributed by atoms with van der Waals surface area (Å²) in [4.78, 5) is 25.9. The monoisotopic (exact) mass is 342 g/mol. The molecule has 7 nitrogen and oxygen atoms in total. The fraction of sp³-hybridized carbons (Fsp3) is 0.389. The van der Waals surface area contributed by atoms with Gasteiger partial charge in [-0.3, -0.25) is 9.59 Å². The van der Waals surface area contributed by atoms with Crippen LogP contribution < -0.4 is 10.1 Å². The van der Waals surface area contributed by atoms with Gasteiger partial charge in [-0.05, 0) is 24.1 Å². The molecule has 1 aromatic heterocycles. The predicted molar refractivity (Wildman–Crippen MR) is 92.8 cm³/mol. The van der Waals surface area contributed by atoms with Crippen LogP contribution in [0.1, 0.15) is 32.7 Å². The molecule has 0 atom stereocenters. The summed E-state index contributed by atoms with van der Waals surface area (Å²) in [6.07, 6.45) is 3.09. The minimum atomic E-state index is -0.191. The zero-order chi connectivity index (χ0) is 17.8. The maximum atomic E-state index is 12.3. The second-order valence-corrected chi connectivity index (χ2v) is 6.19. The molecule has 0 bridgehead atoms. The topological polar surface area (TPSA) is 76.5 Å². The molecule has 0 radical (unpaired) electrons. The Labute approximate surface area is 146 Å². The standard InChI is InChI=1S/C18H22N4O3/c1-21(2)17(24)14-6-3-5-13(11-14)7-8-19-16(23)15-12-20-22-9-4-10-25-18(15)22/h3,5-6,11-12H,4,7-10H2,1-2H3,(H,19,23). The minimum Gasteiger partial charge on any atom is -0.477 e. The summed E-state index contributed by atoms with van der Waals surface area (Å²) >= 11 is 0. The first-order valence-corrected chi connectivity index (χ1v) is 8.33. The second kappa shape index (κ2) is 7.38. The number of hydrogen-bond acceptors (Lipinski definition) is 4. The molecule has 0 unspecified atom stereocenters. The van der Waals surface area contributed by atoms with Crippen LogP contribution in [0, 0.1) is 0 Å². The molecule has 2 aromatic rings. The highest BCUT2D eigenvalue weighted by Gasteiger charge is 2.21. The number of aromatic nitrogens is 2. The number of carbonyl (C=O) groups is 2. The molecule has 25 heavy (non-hydrogen) atoms. The van der Waals surface area contributed by atoms with Crippen LogP contribution in [0.15, 0.2) is 30.5 Å². The molecular weight excluding hydrogens is 320 g/mol. The Balaban J connectivity index is 1.58. The van der Waals surface area contributed by atoms with E-state index in [0.29, 0.717) is 36.6 Å². The molecular formula is C18H22N4O3. The van der Waals surface area contributed by atoms with E-state index in [9.17, 15) is 9.59 Å². The Morgan fingerprint density at radius 3 is 3.00 bits per heavy atom. The number of nitrogens with one attached hydrogen (secondary N) is 1. The van der Waals surface area contributed by atoms with E-state index in [0.717, 1.165) is 18.5 Å². The zero-order valence-electron chi connectivity index (χ0n) is 14.5. The molecule has 0 fully saturated rings. The van der Waals surface area contributed by atoms with Gasteiger partial charge in [-0.2, -0.15) is 5.10 Å². The number of hydrogen-bond donors (Lipinski definition) is 1. The molecule has 0 spiro atoms. The van der Waals surface area contributed by atoms with Gasteiger partial charge in [0.2, 0.25) is 5.88 Å². The maximum absolute atomic E-state index is 12.3. The van der Waals surface area contributed by atoms with E-state index in [2.05, 4.69) is 10.4 Å². The summed E-state index contributed by atoms with van der Waals surface area (Å²) in [5.41, 5.74) is 2.12. The van der Waals surface area contributed by atoms with Crippen molar-refractivity contribution in [1.82, 2.24) is 20.0 Å². The van der Waals surface area contributed by atoms with Crippen LogP contribution in [-0.4, -0.2) is 53.7 Å². The van der Waals surface area contributed by atoms with Gasteiger partial charge in [0.25, 0.3) is 11.8 Å². The van der Waals surface area contributed by atoms with E-state index in [1.807, 2.05) is 18.2 Å². The number of fused-ring (bicyclic) bond motifs is 1. The lowest BCUT2D eigenvalue weighted by atomic mass is 10.1. The van der Waals surface area contributed by atoms with E-state index in [1.165, 1.54) is 0 Å². The number of carbonyl (C=O) groups excluding carboxylic acids is 2. The lowest BCUT2D eigenvalue weighted by Gasteiger charge is -2.16. The molecule has 2 amide bonds. The number of amides is 2. The van der Waals surface area contributed by atoms with E-state index >= 15 is 0 Å². The summed E-state index contributed by atoms with van der Waals surface area (Å²) in [5.74, 6) is 0.320. The van der Waals surface area contributed by atoms with Gasteiger partial charge in [-0.15, -0.1) is 0 Å². The number of aryl methyl sites for hydroxylation is 1. The summed E-state index contributed by atoms with van der Waals surface area (Å²) in [5, 5.41) is 7.07. The van der Waals surface area contributed by atoms with Crippen molar-refractivity contribution >= 4 is 11.8 Å². The quantitative estimate of drug-likeness (QED) is 0.890. The van der Waals surface area contributed by atoms with Crippen LogP contribution in [0.5, 0.6) is 5.88 Å². The van der Waals surface area contributed by atoms with Crippen molar-refractivity contribution in [2.45, 2.75) is 19.4 Å². The summed E-state index contributed by atoms with van der Waals surface area (Å²) < 4.78 is 7.26. The predicted octanol–water partition coefficient (Wildman–Crippen LogP) is 1.34. The van der Waals surface area contributed by atoms with Crippen molar-refractivity contribution in [2.75, 3.05) is 27.2 Å². The summed E-state index contributed by atoms with van der Waals surface area (Å²) in [6, 6.07) is 7.46. The normalized spacial score (nSPS) is 12.9. The molecule has 3 rings (SSSR count). The summed E-state index contributed by atoms with van der Waals surface area (Å²) in [6.45, 7) is 1.86. The average Bonchev–Trinajstić information content (AvgIpc) is 3.05. The highest BCUT2D eigenvalue weighted by Crippen LogP contribution is 2.21. The molecule has 1 N–H and O–H groups in total. The molecule has 1 aliphatic heterocycles. The number of nitrogens with zero attached hydrogens (tertiary/aromatic N) is 3. The van der Waals surface area contributed by atoms with Crippen LogP contribution in [0.2, 0.25) is 0 Å². The molecule has 7 heteroatoms. The number of ether oxygens (including phenoxy) is 1. The minimum absolute atomic E-state index is 0.0328. The van der Waals surface area contributed by atoms with Gasteiger partial charge >= 0.3 is 0 Å². The van der Waals surface area contributed by atoms with Gasteiger partial charge < -0.3 is 15.0 Å². The van der Waals surface area contributed by atoms with Crippen LogP contribution in [0.3, 0.4) is 0 Å². The molecule has 132 valence electrons. The molecule has 1 aromatic carbocycles. The smallest absolute Gasteiger partial charge is 0.258 e. The number of rotatable bonds is 5. The largest absolute Gasteiger partial charge is 0.477 e.